The predicted molar refractivity (Wildman–Crippen MR) is 88.1 cm³/mol. The van der Waals surface area contributed by atoms with E-state index in [9.17, 15) is 14.7 Å². The number of phenolic OH excluding ortho intramolecular Hbond substituents is 1. The molecule has 7 heteroatoms. The molecule has 2 amide bonds. The molecule has 1 aliphatic heterocycles. The molecule has 0 fully saturated rings. The number of carbonyl (C=O) groups excluding carboxylic acids is 2. The molecule has 3 N–H and O–H groups in total. The predicted octanol–water partition coefficient (Wildman–Crippen LogP) is 1.98. The summed E-state index contributed by atoms with van der Waals surface area (Å²) in [5, 5.41) is 9.96. The van der Waals surface area contributed by atoms with Crippen LogP contribution in [-0.2, 0) is 17.6 Å². The minimum Gasteiger partial charge on any atom is -0.507 e. The largest absolute Gasteiger partial charge is 0.507 e. The molecule has 0 spiro atoms. The van der Waals surface area contributed by atoms with Crippen molar-refractivity contribution in [3.8, 4) is 11.5 Å². The smallest absolute Gasteiger partial charge is 0.273 e. The van der Waals surface area contributed by atoms with Gasteiger partial charge in [0.05, 0.1) is 18.6 Å². The lowest BCUT2D eigenvalue weighted by Gasteiger charge is -2.09. The summed E-state index contributed by atoms with van der Waals surface area (Å²) < 4.78 is 5.42. The van der Waals surface area contributed by atoms with E-state index < -0.39 is 5.91 Å². The zero-order valence-electron chi connectivity index (χ0n) is 12.6. The molecule has 1 aliphatic rings. The Labute approximate surface area is 143 Å². The average molecular weight is 347 g/mol. The van der Waals surface area contributed by atoms with Gasteiger partial charge in [0.1, 0.15) is 11.5 Å². The van der Waals surface area contributed by atoms with Gasteiger partial charge in [-0.15, -0.1) is 0 Å². The Morgan fingerprint density at radius 2 is 2.00 bits per heavy atom. The van der Waals surface area contributed by atoms with Crippen LogP contribution in [0.5, 0.6) is 11.5 Å². The quantitative estimate of drug-likeness (QED) is 0.742. The number of hydrazine groups is 1. The number of phenols is 1. The number of amides is 2. The first kappa shape index (κ1) is 16.1. The lowest BCUT2D eigenvalue weighted by atomic mass is 10.1. The summed E-state index contributed by atoms with van der Waals surface area (Å²) in [6, 6.07) is 9.67. The summed E-state index contributed by atoms with van der Waals surface area (Å²) in [5.41, 5.74) is 6.47. The number of rotatable bonds is 3. The van der Waals surface area contributed by atoms with Gasteiger partial charge in [-0.05, 0) is 35.4 Å². The Bertz CT molecular complexity index is 807. The van der Waals surface area contributed by atoms with Crippen LogP contribution in [0.3, 0.4) is 0 Å². The van der Waals surface area contributed by atoms with Gasteiger partial charge in [0, 0.05) is 11.4 Å². The first-order valence-electron chi connectivity index (χ1n) is 7.35. The Balaban J connectivity index is 1.57. The van der Waals surface area contributed by atoms with Gasteiger partial charge in [-0.1, -0.05) is 23.7 Å². The third-order valence-corrected chi connectivity index (χ3v) is 3.87. The van der Waals surface area contributed by atoms with E-state index in [4.69, 9.17) is 16.3 Å². The summed E-state index contributed by atoms with van der Waals surface area (Å²) in [6.45, 7) is 0.657. The summed E-state index contributed by atoms with van der Waals surface area (Å²) in [6.07, 6.45) is 0.949. The summed E-state index contributed by atoms with van der Waals surface area (Å²) in [5.74, 6) is -0.386. The Hall–Kier alpha value is -2.73. The molecule has 6 nitrogen and oxygen atoms in total. The second-order valence-corrected chi connectivity index (χ2v) is 5.82. The van der Waals surface area contributed by atoms with Crippen LogP contribution < -0.4 is 15.6 Å². The fraction of sp³-hybridized carbons (Fsp3) is 0.176. The summed E-state index contributed by atoms with van der Waals surface area (Å²) in [7, 11) is 0. The Morgan fingerprint density at radius 1 is 1.17 bits per heavy atom. The van der Waals surface area contributed by atoms with Crippen molar-refractivity contribution in [1.29, 1.82) is 0 Å². The normalized spacial score (nSPS) is 12.2. The van der Waals surface area contributed by atoms with Gasteiger partial charge < -0.3 is 9.84 Å². The van der Waals surface area contributed by atoms with E-state index in [0.717, 1.165) is 23.3 Å². The van der Waals surface area contributed by atoms with Gasteiger partial charge >= 0.3 is 0 Å². The zero-order valence-corrected chi connectivity index (χ0v) is 13.4. The number of nitrogens with one attached hydrogen (secondary N) is 2. The van der Waals surface area contributed by atoms with Crippen LogP contribution in [0.15, 0.2) is 36.4 Å². The average Bonchev–Trinajstić information content (AvgIpc) is 3.02. The maximum absolute atomic E-state index is 12.0. The lowest BCUT2D eigenvalue weighted by Crippen LogP contribution is -2.42. The molecule has 0 bridgehead atoms. The molecule has 2 aromatic rings. The van der Waals surface area contributed by atoms with Crippen LogP contribution in [0.4, 0.5) is 0 Å². The Morgan fingerprint density at radius 3 is 2.83 bits per heavy atom. The van der Waals surface area contributed by atoms with Gasteiger partial charge in [0.2, 0.25) is 5.91 Å². The van der Waals surface area contributed by atoms with Crippen molar-refractivity contribution in [1.82, 2.24) is 10.9 Å². The van der Waals surface area contributed by atoms with Crippen molar-refractivity contribution in [2.45, 2.75) is 12.8 Å². The number of hydrogen-bond acceptors (Lipinski definition) is 4. The van der Waals surface area contributed by atoms with Crippen molar-refractivity contribution < 1.29 is 19.4 Å². The van der Waals surface area contributed by atoms with Crippen molar-refractivity contribution in [3.05, 3.63) is 58.1 Å². The molecule has 3 rings (SSSR count). The number of hydrogen-bond donors (Lipinski definition) is 3. The Kier molecular flexibility index (Phi) is 4.57. The number of carbonyl (C=O) groups is 2. The van der Waals surface area contributed by atoms with Crippen LogP contribution in [-0.4, -0.2) is 23.5 Å². The molecular formula is C17H15ClN2O4. The van der Waals surface area contributed by atoms with E-state index in [1.54, 1.807) is 0 Å². The fourth-order valence-electron chi connectivity index (χ4n) is 2.46. The van der Waals surface area contributed by atoms with E-state index in [0.29, 0.717) is 11.6 Å². The highest BCUT2D eigenvalue weighted by atomic mass is 35.5. The molecule has 0 unspecified atom stereocenters. The third-order valence-electron chi connectivity index (χ3n) is 3.64. The van der Waals surface area contributed by atoms with Gasteiger partial charge in [-0.2, -0.15) is 0 Å². The summed E-state index contributed by atoms with van der Waals surface area (Å²) in [4.78, 5) is 23.9. The molecule has 1 heterocycles. The molecule has 124 valence electrons. The van der Waals surface area contributed by atoms with E-state index in [-0.39, 0.29) is 23.6 Å². The molecule has 0 aliphatic carbocycles. The van der Waals surface area contributed by atoms with Crippen LogP contribution in [0.1, 0.15) is 21.5 Å². The summed E-state index contributed by atoms with van der Waals surface area (Å²) >= 11 is 5.79. The molecule has 24 heavy (non-hydrogen) atoms. The minimum atomic E-state index is -0.647. The van der Waals surface area contributed by atoms with Gasteiger partial charge in [-0.25, -0.2) is 0 Å². The van der Waals surface area contributed by atoms with E-state index in [1.807, 2.05) is 18.2 Å². The van der Waals surface area contributed by atoms with Crippen LogP contribution in [0, 0.1) is 0 Å². The van der Waals surface area contributed by atoms with Gasteiger partial charge in [0.15, 0.2) is 0 Å². The number of ether oxygens (including phenoxy) is 1. The molecular weight excluding hydrogens is 332 g/mol. The SMILES string of the molecule is O=C(Cc1ccc2c(c1)CCO2)NNC(=O)c1cc(Cl)ccc1O. The first-order chi connectivity index (χ1) is 11.5. The minimum absolute atomic E-state index is 0.0162. The highest BCUT2D eigenvalue weighted by Gasteiger charge is 2.15. The van der Waals surface area contributed by atoms with Crippen molar-refractivity contribution in [2.75, 3.05) is 6.61 Å². The maximum atomic E-state index is 12.0. The molecule has 0 saturated heterocycles. The number of aromatic hydroxyl groups is 1. The fourth-order valence-corrected chi connectivity index (χ4v) is 2.64. The second-order valence-electron chi connectivity index (χ2n) is 5.38. The van der Waals surface area contributed by atoms with E-state index in [2.05, 4.69) is 10.9 Å². The van der Waals surface area contributed by atoms with Crippen LogP contribution >= 0.6 is 11.6 Å². The monoisotopic (exact) mass is 346 g/mol. The second kappa shape index (κ2) is 6.80. The topological polar surface area (TPSA) is 87.7 Å². The van der Waals surface area contributed by atoms with Crippen LogP contribution in [0.2, 0.25) is 5.02 Å². The molecule has 0 atom stereocenters. The van der Waals surface area contributed by atoms with Gasteiger partial charge in [0.25, 0.3) is 5.91 Å². The molecule has 0 saturated carbocycles. The van der Waals surface area contributed by atoms with Crippen LogP contribution in [0.25, 0.3) is 0 Å². The van der Waals surface area contributed by atoms with Crippen molar-refractivity contribution in [2.24, 2.45) is 0 Å². The highest BCUT2D eigenvalue weighted by Crippen LogP contribution is 2.26. The van der Waals surface area contributed by atoms with Crippen molar-refractivity contribution in [3.63, 3.8) is 0 Å². The number of fused-ring (bicyclic) bond motifs is 1. The molecule has 2 aromatic carbocycles. The molecule has 0 radical (unpaired) electrons. The first-order valence-corrected chi connectivity index (χ1v) is 7.73. The molecule has 0 aromatic heterocycles. The van der Waals surface area contributed by atoms with E-state index >= 15 is 0 Å². The third kappa shape index (κ3) is 3.60. The van der Waals surface area contributed by atoms with E-state index in [1.165, 1.54) is 18.2 Å². The lowest BCUT2D eigenvalue weighted by molar-refractivity contribution is -0.121. The standard InChI is InChI=1S/C17H15ClN2O4/c18-12-2-3-14(21)13(9-12)17(23)20-19-16(22)8-10-1-4-15-11(7-10)5-6-24-15/h1-4,7,9,21H,5-6,8H2,(H,19,22)(H,20,23). The highest BCUT2D eigenvalue weighted by molar-refractivity contribution is 6.31. The van der Waals surface area contributed by atoms with Gasteiger partial charge in [-0.3, -0.25) is 20.4 Å². The zero-order chi connectivity index (χ0) is 17.1. The number of benzene rings is 2. The maximum Gasteiger partial charge on any atom is 0.273 e. The number of halogens is 1. The van der Waals surface area contributed by atoms with Crippen molar-refractivity contribution >= 4 is 23.4 Å².